The van der Waals surface area contributed by atoms with Gasteiger partial charge in [0, 0.05) is 35.9 Å². The molecule has 0 unspecified atom stereocenters. The van der Waals surface area contributed by atoms with Crippen LogP contribution < -0.4 is 20.7 Å². The number of likely N-dealkylation sites (tertiary alicyclic amines) is 1. The summed E-state index contributed by atoms with van der Waals surface area (Å²) in [6, 6.07) is 22.1. The highest BCUT2D eigenvalue weighted by Gasteiger charge is 2.59. The van der Waals surface area contributed by atoms with Crippen LogP contribution in [0.2, 0.25) is 5.02 Å². The Hall–Kier alpha value is -4.41. The van der Waals surface area contributed by atoms with Crippen LogP contribution in [0.4, 0.5) is 10.5 Å². The Labute approximate surface area is 255 Å². The van der Waals surface area contributed by atoms with E-state index in [1.54, 1.807) is 54.5 Å². The average molecular weight is 604 g/mol. The number of nitrogens with zero attached hydrogens (tertiary/aromatic N) is 3. The van der Waals surface area contributed by atoms with Crippen molar-refractivity contribution in [1.29, 1.82) is 0 Å². The minimum Gasteiger partial charge on any atom is -0.496 e. The van der Waals surface area contributed by atoms with Crippen LogP contribution in [0.15, 0.2) is 78.9 Å². The van der Waals surface area contributed by atoms with E-state index in [9.17, 15) is 19.2 Å². The topological polar surface area (TPSA) is 125 Å². The zero-order valence-electron chi connectivity index (χ0n) is 23.9. The molecule has 5 rings (SSSR count). The Balaban J connectivity index is 1.29. The molecule has 1 atom stereocenters. The number of rotatable bonds is 9. The van der Waals surface area contributed by atoms with Crippen LogP contribution in [0.3, 0.4) is 0 Å². The highest BCUT2D eigenvalue weighted by atomic mass is 35.5. The number of nitrogens with one attached hydrogen (secondary N) is 1. The van der Waals surface area contributed by atoms with Gasteiger partial charge in [-0.05, 0) is 55.2 Å². The van der Waals surface area contributed by atoms with Crippen LogP contribution in [-0.2, 0) is 27.3 Å². The number of halogens is 1. The third-order valence-electron chi connectivity index (χ3n) is 8.07. The van der Waals surface area contributed by atoms with Gasteiger partial charge >= 0.3 is 6.03 Å². The molecule has 0 radical (unpaired) electrons. The molecule has 3 aromatic carbocycles. The number of urea groups is 1. The number of hydrogen-bond acceptors (Lipinski definition) is 6. The number of benzene rings is 3. The van der Waals surface area contributed by atoms with Crippen molar-refractivity contribution in [2.75, 3.05) is 31.6 Å². The number of methoxy groups -OCH3 is 1. The summed E-state index contributed by atoms with van der Waals surface area (Å²) >= 11 is 5.97. The summed E-state index contributed by atoms with van der Waals surface area (Å²) in [5, 5.41) is 3.39. The lowest BCUT2D eigenvalue weighted by atomic mass is 9.85. The van der Waals surface area contributed by atoms with Crippen molar-refractivity contribution in [1.82, 2.24) is 15.1 Å². The van der Waals surface area contributed by atoms with Crippen molar-refractivity contribution in [3.05, 3.63) is 95.0 Å². The molecule has 5 amide bonds. The van der Waals surface area contributed by atoms with E-state index < -0.39 is 36.0 Å². The maximum atomic E-state index is 14.0. The molecule has 10 nitrogen and oxygen atoms in total. The standard InChI is InChI=1S/C32H34ClN5O5/c1-43-27-10-6-5-7-23(27)20-35-28(39)21-37-30(41)32(38(31(37)42)25-8-3-2-4-9-25)15-17-36(18-16-32)29(40)26(34)19-22-11-13-24(33)14-12-22/h2-14,26H,15-21,34H2,1H3,(H,35,39)/t26-/m1/s1. The van der Waals surface area contributed by atoms with Crippen LogP contribution in [0, 0.1) is 0 Å². The number of carbonyl (C=O) groups is 4. The predicted octanol–water partition coefficient (Wildman–Crippen LogP) is 3.36. The second-order valence-electron chi connectivity index (χ2n) is 10.7. The maximum Gasteiger partial charge on any atom is 0.332 e. The fourth-order valence-electron chi connectivity index (χ4n) is 5.78. The number of nitrogens with two attached hydrogens (primary N) is 1. The van der Waals surface area contributed by atoms with E-state index in [0.717, 1.165) is 16.0 Å². The van der Waals surface area contributed by atoms with E-state index in [1.807, 2.05) is 36.4 Å². The zero-order chi connectivity index (χ0) is 30.6. The number of carbonyl (C=O) groups excluding carboxylic acids is 4. The van der Waals surface area contributed by atoms with E-state index in [4.69, 9.17) is 22.1 Å². The molecule has 3 aromatic rings. The zero-order valence-corrected chi connectivity index (χ0v) is 24.6. The normalized spacial score (nSPS) is 16.9. The number of hydrogen-bond donors (Lipinski definition) is 2. The van der Waals surface area contributed by atoms with E-state index in [0.29, 0.717) is 22.9 Å². The Morgan fingerprint density at radius 3 is 2.30 bits per heavy atom. The Morgan fingerprint density at radius 1 is 0.977 bits per heavy atom. The van der Waals surface area contributed by atoms with E-state index in [-0.39, 0.29) is 38.4 Å². The second-order valence-corrected chi connectivity index (χ2v) is 11.2. The van der Waals surface area contributed by atoms with Crippen molar-refractivity contribution in [2.45, 2.75) is 37.4 Å². The Kier molecular flexibility index (Phi) is 8.98. The second kappa shape index (κ2) is 12.8. The molecule has 3 N–H and O–H groups in total. The first-order chi connectivity index (χ1) is 20.7. The first kappa shape index (κ1) is 30.1. The summed E-state index contributed by atoms with van der Waals surface area (Å²) in [5.41, 5.74) is 7.27. The minimum absolute atomic E-state index is 0.181. The van der Waals surface area contributed by atoms with Gasteiger partial charge in [-0.3, -0.25) is 24.2 Å². The average Bonchev–Trinajstić information content (AvgIpc) is 3.22. The molecule has 43 heavy (non-hydrogen) atoms. The highest BCUT2D eigenvalue weighted by molar-refractivity contribution is 6.30. The molecule has 0 aromatic heterocycles. The molecule has 11 heteroatoms. The number of amides is 5. The molecule has 0 bridgehead atoms. The molecule has 2 aliphatic heterocycles. The van der Waals surface area contributed by atoms with Crippen molar-refractivity contribution < 1.29 is 23.9 Å². The minimum atomic E-state index is -1.22. The molecule has 2 aliphatic rings. The summed E-state index contributed by atoms with van der Waals surface area (Å²) in [7, 11) is 1.55. The molecule has 2 heterocycles. The number of imide groups is 1. The van der Waals surface area contributed by atoms with Gasteiger partial charge in [0.15, 0.2) is 0 Å². The van der Waals surface area contributed by atoms with Crippen LogP contribution in [0.5, 0.6) is 5.75 Å². The van der Waals surface area contributed by atoms with E-state index in [2.05, 4.69) is 5.32 Å². The molecule has 0 saturated carbocycles. The van der Waals surface area contributed by atoms with Crippen LogP contribution in [-0.4, -0.2) is 71.9 Å². The SMILES string of the molecule is COc1ccccc1CNC(=O)CN1C(=O)N(c2ccccc2)C2(CCN(C(=O)[C@H](N)Cc3ccc(Cl)cc3)CC2)C1=O. The molecular weight excluding hydrogens is 570 g/mol. The summed E-state index contributed by atoms with van der Waals surface area (Å²) in [5.74, 6) is -0.523. The van der Waals surface area contributed by atoms with Crippen molar-refractivity contribution in [3.63, 3.8) is 0 Å². The molecule has 1 spiro atoms. The number of para-hydroxylation sites is 2. The fourth-order valence-corrected chi connectivity index (χ4v) is 5.91. The third-order valence-corrected chi connectivity index (χ3v) is 8.32. The van der Waals surface area contributed by atoms with Gasteiger partial charge in [0.1, 0.15) is 17.8 Å². The first-order valence-corrected chi connectivity index (χ1v) is 14.5. The van der Waals surface area contributed by atoms with Crippen LogP contribution in [0.25, 0.3) is 0 Å². The molecule has 224 valence electrons. The van der Waals surface area contributed by atoms with Gasteiger partial charge in [0.25, 0.3) is 5.91 Å². The van der Waals surface area contributed by atoms with Crippen LogP contribution >= 0.6 is 11.6 Å². The maximum absolute atomic E-state index is 14.0. The highest BCUT2D eigenvalue weighted by Crippen LogP contribution is 2.40. The summed E-state index contributed by atoms with van der Waals surface area (Å²) < 4.78 is 5.34. The number of anilines is 1. The van der Waals surface area contributed by atoms with Gasteiger partial charge in [-0.15, -0.1) is 0 Å². The number of piperidine rings is 1. The lowest BCUT2D eigenvalue weighted by molar-refractivity contribution is -0.139. The Morgan fingerprint density at radius 2 is 1.63 bits per heavy atom. The summed E-state index contributed by atoms with van der Waals surface area (Å²) in [6.07, 6.45) is 0.777. The monoisotopic (exact) mass is 603 g/mol. The van der Waals surface area contributed by atoms with Gasteiger partial charge < -0.3 is 20.7 Å². The van der Waals surface area contributed by atoms with Crippen molar-refractivity contribution >= 4 is 41.0 Å². The van der Waals surface area contributed by atoms with Gasteiger partial charge in [0.2, 0.25) is 11.8 Å². The lowest BCUT2D eigenvalue weighted by Gasteiger charge is -2.42. The quantitative estimate of drug-likeness (QED) is 0.361. The largest absolute Gasteiger partial charge is 0.496 e. The third kappa shape index (κ3) is 6.21. The smallest absolute Gasteiger partial charge is 0.332 e. The predicted molar refractivity (Wildman–Crippen MR) is 163 cm³/mol. The van der Waals surface area contributed by atoms with Gasteiger partial charge in [-0.25, -0.2) is 4.79 Å². The van der Waals surface area contributed by atoms with Gasteiger partial charge in [0.05, 0.1) is 13.2 Å². The van der Waals surface area contributed by atoms with Crippen molar-refractivity contribution in [3.8, 4) is 5.75 Å². The van der Waals surface area contributed by atoms with Crippen LogP contribution in [0.1, 0.15) is 24.0 Å². The first-order valence-electron chi connectivity index (χ1n) is 14.1. The summed E-state index contributed by atoms with van der Waals surface area (Å²) in [6.45, 7) is 0.235. The molecule has 2 fully saturated rings. The number of ether oxygens (including phenoxy) is 1. The summed E-state index contributed by atoms with van der Waals surface area (Å²) in [4.78, 5) is 58.1. The Bertz CT molecular complexity index is 1490. The molecule has 0 aliphatic carbocycles. The molecular formula is C32H34ClN5O5. The van der Waals surface area contributed by atoms with E-state index >= 15 is 0 Å². The van der Waals surface area contributed by atoms with E-state index in [1.165, 1.54) is 4.90 Å². The van der Waals surface area contributed by atoms with Gasteiger partial charge in [-0.2, -0.15) is 0 Å². The lowest BCUT2D eigenvalue weighted by Crippen LogP contribution is -2.59. The fraction of sp³-hybridized carbons (Fsp3) is 0.312. The van der Waals surface area contributed by atoms with Crippen molar-refractivity contribution in [2.24, 2.45) is 5.73 Å². The van der Waals surface area contributed by atoms with Gasteiger partial charge in [-0.1, -0.05) is 60.1 Å². The molecule has 2 saturated heterocycles.